The number of rotatable bonds is 12. The number of nitrogens with one attached hydrogen (secondary N) is 1. The molecular weight excluding hydrogens is 310 g/mol. The van der Waals surface area contributed by atoms with Crippen LogP contribution in [0.3, 0.4) is 0 Å². The molecule has 2 aromatic carbocycles. The average Bonchev–Trinajstić information content (AvgIpc) is 2.66. The molecule has 0 amide bonds. The third kappa shape index (κ3) is 7.51. The molecule has 0 radical (unpaired) electrons. The molecule has 0 heterocycles. The Hall–Kier alpha value is -2.16. The molecule has 0 saturated carbocycles. The van der Waals surface area contributed by atoms with Crippen molar-refractivity contribution >= 4 is 5.69 Å². The van der Waals surface area contributed by atoms with Crippen LogP contribution in [0.15, 0.2) is 48.5 Å². The number of benzene rings is 2. The van der Waals surface area contributed by atoms with Gasteiger partial charge in [0, 0.05) is 12.2 Å². The van der Waals surface area contributed by atoms with Gasteiger partial charge in [0.05, 0.1) is 13.2 Å². The molecule has 0 fully saturated rings. The largest absolute Gasteiger partial charge is 0.494 e. The molecule has 0 spiro atoms. The Morgan fingerprint density at radius 2 is 1.32 bits per heavy atom. The number of hydrogen-bond donors (Lipinski definition) is 1. The standard InChI is InChI=1S/C22H31NO2/c1-3-5-6-7-17-25-22-14-10-20(11-15-22)23-18-19-8-12-21(13-9-19)24-16-4-2/h8-15,23H,3-7,16-18H2,1-2H3. The van der Waals surface area contributed by atoms with Crippen LogP contribution in [0, 0.1) is 0 Å². The van der Waals surface area contributed by atoms with Crippen LogP contribution in [0.5, 0.6) is 11.5 Å². The normalized spacial score (nSPS) is 10.5. The summed E-state index contributed by atoms with van der Waals surface area (Å²) in [5.41, 5.74) is 2.34. The Kier molecular flexibility index (Phi) is 8.74. The minimum absolute atomic E-state index is 0.768. The third-order valence-corrected chi connectivity index (χ3v) is 4.01. The van der Waals surface area contributed by atoms with E-state index in [-0.39, 0.29) is 0 Å². The van der Waals surface area contributed by atoms with Crippen LogP contribution in [-0.4, -0.2) is 13.2 Å². The molecule has 136 valence electrons. The van der Waals surface area contributed by atoms with Gasteiger partial charge in [-0.25, -0.2) is 0 Å². The maximum atomic E-state index is 5.77. The third-order valence-electron chi connectivity index (χ3n) is 4.01. The van der Waals surface area contributed by atoms with Gasteiger partial charge in [0.2, 0.25) is 0 Å². The van der Waals surface area contributed by atoms with Crippen LogP contribution >= 0.6 is 0 Å². The van der Waals surface area contributed by atoms with E-state index in [1.54, 1.807) is 0 Å². The van der Waals surface area contributed by atoms with Crippen LogP contribution in [0.4, 0.5) is 5.69 Å². The molecule has 0 aliphatic rings. The Bertz CT molecular complexity index is 578. The highest BCUT2D eigenvalue weighted by molar-refractivity contribution is 5.47. The first-order valence-corrected chi connectivity index (χ1v) is 9.50. The predicted molar refractivity (Wildman–Crippen MR) is 106 cm³/mol. The number of anilines is 1. The highest BCUT2D eigenvalue weighted by Crippen LogP contribution is 2.18. The molecule has 2 rings (SSSR count). The van der Waals surface area contributed by atoms with Crippen molar-refractivity contribution in [1.29, 1.82) is 0 Å². The second-order valence-electron chi connectivity index (χ2n) is 6.28. The van der Waals surface area contributed by atoms with E-state index in [2.05, 4.69) is 43.4 Å². The van der Waals surface area contributed by atoms with E-state index in [0.717, 1.165) is 49.8 Å². The van der Waals surface area contributed by atoms with E-state index in [4.69, 9.17) is 9.47 Å². The molecule has 0 aliphatic heterocycles. The lowest BCUT2D eigenvalue weighted by molar-refractivity contribution is 0.305. The molecule has 0 atom stereocenters. The van der Waals surface area contributed by atoms with Gasteiger partial charge in [-0.1, -0.05) is 45.2 Å². The fourth-order valence-electron chi connectivity index (χ4n) is 2.52. The summed E-state index contributed by atoms with van der Waals surface area (Å²) in [4.78, 5) is 0. The van der Waals surface area contributed by atoms with Crippen molar-refractivity contribution in [3.05, 3.63) is 54.1 Å². The van der Waals surface area contributed by atoms with Gasteiger partial charge < -0.3 is 14.8 Å². The van der Waals surface area contributed by atoms with Crippen molar-refractivity contribution in [2.24, 2.45) is 0 Å². The summed E-state index contributed by atoms with van der Waals surface area (Å²) in [5, 5.41) is 3.44. The minimum atomic E-state index is 0.768. The Labute approximate surface area is 152 Å². The van der Waals surface area contributed by atoms with E-state index < -0.39 is 0 Å². The molecule has 2 aromatic rings. The number of ether oxygens (including phenoxy) is 2. The number of hydrogen-bond acceptors (Lipinski definition) is 3. The van der Waals surface area contributed by atoms with Crippen molar-refractivity contribution in [2.75, 3.05) is 18.5 Å². The van der Waals surface area contributed by atoms with E-state index >= 15 is 0 Å². The zero-order valence-electron chi connectivity index (χ0n) is 15.6. The summed E-state index contributed by atoms with van der Waals surface area (Å²) < 4.78 is 11.4. The fourth-order valence-corrected chi connectivity index (χ4v) is 2.52. The van der Waals surface area contributed by atoms with Crippen molar-refractivity contribution in [3.63, 3.8) is 0 Å². The van der Waals surface area contributed by atoms with Gasteiger partial charge >= 0.3 is 0 Å². The summed E-state index contributed by atoms with van der Waals surface area (Å²) in [6.45, 7) is 6.71. The van der Waals surface area contributed by atoms with E-state index in [9.17, 15) is 0 Å². The lowest BCUT2D eigenvalue weighted by Gasteiger charge is -2.10. The topological polar surface area (TPSA) is 30.5 Å². The average molecular weight is 341 g/mol. The quantitative estimate of drug-likeness (QED) is 0.477. The summed E-state index contributed by atoms with van der Waals surface area (Å²) in [6.07, 6.45) is 5.96. The van der Waals surface area contributed by atoms with E-state index in [0.29, 0.717) is 0 Å². The number of unbranched alkanes of at least 4 members (excludes halogenated alkanes) is 3. The van der Waals surface area contributed by atoms with Crippen LogP contribution < -0.4 is 14.8 Å². The van der Waals surface area contributed by atoms with Crippen LogP contribution in [-0.2, 0) is 6.54 Å². The first-order chi connectivity index (χ1) is 12.3. The lowest BCUT2D eigenvalue weighted by Crippen LogP contribution is -2.01. The zero-order chi connectivity index (χ0) is 17.7. The molecule has 3 heteroatoms. The monoisotopic (exact) mass is 341 g/mol. The molecule has 0 aromatic heterocycles. The summed E-state index contributed by atoms with van der Waals surface area (Å²) in [5.74, 6) is 1.88. The summed E-state index contributed by atoms with van der Waals surface area (Å²) in [6, 6.07) is 16.5. The van der Waals surface area contributed by atoms with E-state index in [1.807, 2.05) is 24.3 Å². The van der Waals surface area contributed by atoms with Gasteiger partial charge in [0.15, 0.2) is 0 Å². The van der Waals surface area contributed by atoms with Gasteiger partial charge in [-0.15, -0.1) is 0 Å². The molecular formula is C22H31NO2. The van der Waals surface area contributed by atoms with Crippen LogP contribution in [0.25, 0.3) is 0 Å². The van der Waals surface area contributed by atoms with Gasteiger partial charge in [-0.3, -0.25) is 0 Å². The molecule has 0 aliphatic carbocycles. The van der Waals surface area contributed by atoms with Gasteiger partial charge in [0.1, 0.15) is 11.5 Å². The van der Waals surface area contributed by atoms with Gasteiger partial charge in [-0.05, 0) is 54.8 Å². The van der Waals surface area contributed by atoms with Crippen molar-refractivity contribution < 1.29 is 9.47 Å². The van der Waals surface area contributed by atoms with Crippen molar-refractivity contribution in [2.45, 2.75) is 52.5 Å². The maximum Gasteiger partial charge on any atom is 0.119 e. The van der Waals surface area contributed by atoms with E-state index in [1.165, 1.54) is 24.8 Å². The minimum Gasteiger partial charge on any atom is -0.494 e. The second-order valence-corrected chi connectivity index (χ2v) is 6.28. The molecule has 0 bridgehead atoms. The molecule has 1 N–H and O–H groups in total. The van der Waals surface area contributed by atoms with Gasteiger partial charge in [0.25, 0.3) is 0 Å². The Morgan fingerprint density at radius 1 is 0.680 bits per heavy atom. The molecule has 25 heavy (non-hydrogen) atoms. The zero-order valence-corrected chi connectivity index (χ0v) is 15.6. The first kappa shape index (κ1) is 19.2. The lowest BCUT2D eigenvalue weighted by atomic mass is 10.2. The SMILES string of the molecule is CCCCCCOc1ccc(NCc2ccc(OCCC)cc2)cc1. The Morgan fingerprint density at radius 3 is 1.96 bits per heavy atom. The first-order valence-electron chi connectivity index (χ1n) is 9.50. The smallest absolute Gasteiger partial charge is 0.119 e. The highest BCUT2D eigenvalue weighted by atomic mass is 16.5. The predicted octanol–water partition coefficient (Wildman–Crippen LogP) is 6.05. The van der Waals surface area contributed by atoms with Crippen LogP contribution in [0.2, 0.25) is 0 Å². The summed E-state index contributed by atoms with van der Waals surface area (Å²) in [7, 11) is 0. The van der Waals surface area contributed by atoms with Crippen molar-refractivity contribution in [3.8, 4) is 11.5 Å². The van der Waals surface area contributed by atoms with Gasteiger partial charge in [-0.2, -0.15) is 0 Å². The maximum absolute atomic E-state index is 5.77. The van der Waals surface area contributed by atoms with Crippen LogP contribution in [0.1, 0.15) is 51.5 Å². The molecule has 0 unspecified atom stereocenters. The second kappa shape index (κ2) is 11.4. The summed E-state index contributed by atoms with van der Waals surface area (Å²) >= 11 is 0. The molecule has 0 saturated heterocycles. The fraction of sp³-hybridized carbons (Fsp3) is 0.455. The highest BCUT2D eigenvalue weighted by Gasteiger charge is 1.98. The Balaban J connectivity index is 1.71. The molecule has 3 nitrogen and oxygen atoms in total. The van der Waals surface area contributed by atoms with Crippen molar-refractivity contribution in [1.82, 2.24) is 0 Å².